The van der Waals surface area contributed by atoms with Crippen LogP contribution in [0.5, 0.6) is 5.75 Å². The predicted octanol–water partition coefficient (Wildman–Crippen LogP) is 4.90. The van der Waals surface area contributed by atoms with Crippen molar-refractivity contribution in [3.05, 3.63) is 90.0 Å². The molecular weight excluding hydrogens is 405 g/mol. The summed E-state index contributed by atoms with van der Waals surface area (Å²) in [5.74, 6) is -0.777. The van der Waals surface area contributed by atoms with Gasteiger partial charge < -0.3 is 14.2 Å². The fourth-order valence-electron chi connectivity index (χ4n) is 3.36. The Balaban J connectivity index is 1.96. The zero-order valence-corrected chi connectivity index (χ0v) is 15.6. The Labute approximate surface area is 164 Å². The predicted molar refractivity (Wildman–Crippen MR) is 102 cm³/mol. The normalized spacial score (nSPS) is 12.6. The smallest absolute Gasteiger partial charge is 0.375 e. The molecule has 0 spiro atoms. The van der Waals surface area contributed by atoms with Crippen LogP contribution in [0, 0.1) is 0 Å². The number of aromatic amines is 2. The van der Waals surface area contributed by atoms with Gasteiger partial charge in [0.05, 0.1) is 5.92 Å². The molecule has 0 unspecified atom stereocenters. The van der Waals surface area contributed by atoms with E-state index in [9.17, 15) is 21.6 Å². The van der Waals surface area contributed by atoms with Crippen molar-refractivity contribution in [2.45, 2.75) is 11.4 Å². The van der Waals surface area contributed by atoms with E-state index in [1.807, 2.05) is 24.3 Å². The van der Waals surface area contributed by atoms with Crippen LogP contribution in [-0.2, 0) is 10.1 Å². The van der Waals surface area contributed by atoms with Crippen LogP contribution in [0.4, 0.5) is 13.2 Å². The van der Waals surface area contributed by atoms with Crippen molar-refractivity contribution in [2.24, 2.45) is 0 Å². The maximum absolute atomic E-state index is 12.9. The molecule has 9 heteroatoms. The minimum Gasteiger partial charge on any atom is -0.375 e. The summed E-state index contributed by atoms with van der Waals surface area (Å²) in [6, 6.07) is 16.9. The number of rotatable bonds is 5. The van der Waals surface area contributed by atoms with Gasteiger partial charge in [0.2, 0.25) is 0 Å². The molecule has 0 saturated heterocycles. The molecule has 2 aromatic heterocycles. The van der Waals surface area contributed by atoms with E-state index in [2.05, 4.69) is 14.2 Å². The molecule has 2 heterocycles. The average Bonchev–Trinajstić information content (AvgIpc) is 3.36. The highest BCUT2D eigenvalue weighted by molar-refractivity contribution is 7.88. The third-order valence-corrected chi connectivity index (χ3v) is 5.52. The molecule has 0 aliphatic heterocycles. The Hall–Kier alpha value is -3.20. The van der Waals surface area contributed by atoms with Crippen molar-refractivity contribution in [3.8, 4) is 5.75 Å². The molecule has 0 bridgehead atoms. The van der Waals surface area contributed by atoms with E-state index < -0.39 is 21.5 Å². The van der Waals surface area contributed by atoms with Crippen molar-refractivity contribution in [1.82, 2.24) is 9.97 Å². The fourth-order valence-corrected chi connectivity index (χ4v) is 3.83. The monoisotopic (exact) mass is 420 g/mol. The van der Waals surface area contributed by atoms with Crippen LogP contribution in [0.25, 0.3) is 10.8 Å². The molecule has 150 valence electrons. The first-order valence-corrected chi connectivity index (χ1v) is 9.98. The van der Waals surface area contributed by atoms with Crippen LogP contribution >= 0.6 is 0 Å². The number of hydrogen-bond acceptors (Lipinski definition) is 3. The molecule has 0 amide bonds. The Morgan fingerprint density at radius 2 is 1.41 bits per heavy atom. The summed E-state index contributed by atoms with van der Waals surface area (Å²) < 4.78 is 66.5. The molecular formula is C20H15F3N2O3S. The molecule has 4 aromatic rings. The Morgan fingerprint density at radius 1 is 0.828 bits per heavy atom. The first-order valence-electron chi connectivity index (χ1n) is 8.57. The van der Waals surface area contributed by atoms with Gasteiger partial charge in [-0.2, -0.15) is 21.6 Å². The average molecular weight is 420 g/mol. The van der Waals surface area contributed by atoms with Crippen molar-refractivity contribution in [3.63, 3.8) is 0 Å². The first kappa shape index (κ1) is 19.1. The Kier molecular flexibility index (Phi) is 4.62. The van der Waals surface area contributed by atoms with Crippen LogP contribution < -0.4 is 4.18 Å². The SMILES string of the molecule is O=S(=O)(Oc1cccc2cccc(C(c3ccc[nH]3)c3ccc[nH]3)c12)C(F)(F)F. The summed E-state index contributed by atoms with van der Waals surface area (Å²) in [6.45, 7) is 0. The van der Waals surface area contributed by atoms with Crippen LogP contribution in [-0.4, -0.2) is 23.9 Å². The molecule has 0 aliphatic carbocycles. The van der Waals surface area contributed by atoms with Gasteiger partial charge in [-0.05, 0) is 41.3 Å². The second-order valence-corrected chi connectivity index (χ2v) is 7.91. The third-order valence-electron chi connectivity index (χ3n) is 4.56. The molecule has 0 fully saturated rings. The largest absolute Gasteiger partial charge is 0.534 e. The zero-order valence-electron chi connectivity index (χ0n) is 14.8. The zero-order chi connectivity index (χ0) is 20.6. The van der Waals surface area contributed by atoms with Crippen LogP contribution in [0.3, 0.4) is 0 Å². The number of hydrogen-bond donors (Lipinski definition) is 2. The summed E-state index contributed by atoms with van der Waals surface area (Å²) in [6.07, 6.45) is 3.48. The van der Waals surface area contributed by atoms with E-state index in [0.717, 1.165) is 11.4 Å². The summed E-state index contributed by atoms with van der Waals surface area (Å²) in [5.41, 5.74) is -3.36. The molecule has 2 aromatic carbocycles. The van der Waals surface area contributed by atoms with Gasteiger partial charge in [-0.25, -0.2) is 0 Å². The third kappa shape index (κ3) is 3.49. The lowest BCUT2D eigenvalue weighted by atomic mass is 9.88. The summed E-state index contributed by atoms with van der Waals surface area (Å²) in [5, 5.41) is 0.845. The minimum absolute atomic E-state index is 0.289. The quantitative estimate of drug-likeness (QED) is 0.356. The lowest BCUT2D eigenvalue weighted by molar-refractivity contribution is -0.0499. The second kappa shape index (κ2) is 7.00. The van der Waals surface area contributed by atoms with Crippen molar-refractivity contribution in [1.29, 1.82) is 0 Å². The fraction of sp³-hybridized carbons (Fsp3) is 0.100. The number of fused-ring (bicyclic) bond motifs is 1. The van der Waals surface area contributed by atoms with Crippen molar-refractivity contribution in [2.75, 3.05) is 0 Å². The van der Waals surface area contributed by atoms with E-state index in [-0.39, 0.29) is 11.1 Å². The second-order valence-electron chi connectivity index (χ2n) is 6.37. The topological polar surface area (TPSA) is 75.0 Å². The van der Waals surface area contributed by atoms with Gasteiger partial charge in [0, 0.05) is 29.2 Å². The number of halogens is 3. The van der Waals surface area contributed by atoms with E-state index in [1.54, 1.807) is 36.7 Å². The van der Waals surface area contributed by atoms with Crippen molar-refractivity contribution >= 4 is 20.9 Å². The van der Waals surface area contributed by atoms with Crippen molar-refractivity contribution < 1.29 is 25.8 Å². The standard InChI is InChI=1S/C20H15F3N2O3S/c21-20(22,23)29(26,27)28-17-10-2-6-13-5-1-7-14(18(13)17)19(15-8-3-11-24-15)16-9-4-12-25-16/h1-12,19,24-25H. The first-order chi connectivity index (χ1) is 13.8. The molecule has 0 saturated carbocycles. The minimum atomic E-state index is -5.81. The summed E-state index contributed by atoms with van der Waals surface area (Å²) in [4.78, 5) is 6.24. The molecule has 2 N–H and O–H groups in total. The number of alkyl halides is 3. The van der Waals surface area contributed by atoms with E-state index in [1.165, 1.54) is 12.1 Å². The highest BCUT2D eigenvalue weighted by atomic mass is 32.2. The molecule has 0 aliphatic rings. The molecule has 4 rings (SSSR count). The number of H-pyrrole nitrogens is 2. The van der Waals surface area contributed by atoms with Gasteiger partial charge >= 0.3 is 15.6 Å². The van der Waals surface area contributed by atoms with Crippen LogP contribution in [0.1, 0.15) is 22.9 Å². The number of nitrogens with one attached hydrogen (secondary N) is 2. The molecule has 0 atom stereocenters. The maximum Gasteiger partial charge on any atom is 0.534 e. The van der Waals surface area contributed by atoms with Gasteiger partial charge in [0.25, 0.3) is 0 Å². The van der Waals surface area contributed by atoms with Crippen LogP contribution in [0.15, 0.2) is 73.1 Å². The number of benzene rings is 2. The maximum atomic E-state index is 12.9. The van der Waals surface area contributed by atoms with E-state index in [0.29, 0.717) is 10.9 Å². The summed E-state index contributed by atoms with van der Waals surface area (Å²) >= 11 is 0. The van der Waals surface area contributed by atoms with Crippen LogP contribution in [0.2, 0.25) is 0 Å². The molecule has 5 nitrogen and oxygen atoms in total. The number of aromatic nitrogens is 2. The highest BCUT2D eigenvalue weighted by Gasteiger charge is 2.48. The van der Waals surface area contributed by atoms with Gasteiger partial charge in [-0.15, -0.1) is 0 Å². The molecule has 29 heavy (non-hydrogen) atoms. The Bertz CT molecular complexity index is 1190. The lowest BCUT2D eigenvalue weighted by Gasteiger charge is -2.20. The Morgan fingerprint density at radius 3 is 1.93 bits per heavy atom. The van der Waals surface area contributed by atoms with Gasteiger partial charge in [0.15, 0.2) is 5.75 Å². The van der Waals surface area contributed by atoms with Gasteiger partial charge in [-0.3, -0.25) is 0 Å². The summed E-state index contributed by atoms with van der Waals surface area (Å²) in [7, 11) is -5.81. The van der Waals surface area contributed by atoms with Gasteiger partial charge in [-0.1, -0.05) is 30.3 Å². The molecule has 0 radical (unpaired) electrons. The van der Waals surface area contributed by atoms with E-state index >= 15 is 0 Å². The lowest BCUT2D eigenvalue weighted by Crippen LogP contribution is -2.28. The highest BCUT2D eigenvalue weighted by Crippen LogP contribution is 2.40. The van der Waals surface area contributed by atoms with Gasteiger partial charge in [0.1, 0.15) is 0 Å². The van der Waals surface area contributed by atoms with E-state index in [4.69, 9.17) is 0 Å².